The maximum Gasteiger partial charge on any atom is 0.243 e. The Morgan fingerprint density at radius 1 is 1.03 bits per heavy atom. The molecule has 172 valence electrons. The zero-order valence-electron chi connectivity index (χ0n) is 19.0. The third-order valence-electron chi connectivity index (χ3n) is 6.12. The van der Waals surface area contributed by atoms with E-state index in [1.54, 1.807) is 31.4 Å². The van der Waals surface area contributed by atoms with Gasteiger partial charge in [-0.25, -0.2) is 8.42 Å². The van der Waals surface area contributed by atoms with Crippen LogP contribution < -0.4 is 4.74 Å². The molecule has 0 saturated heterocycles. The monoisotopic (exact) mass is 463 g/mol. The van der Waals surface area contributed by atoms with Gasteiger partial charge in [-0.15, -0.1) is 0 Å². The Morgan fingerprint density at radius 2 is 1.76 bits per heavy atom. The normalized spacial score (nSPS) is 19.5. The van der Waals surface area contributed by atoms with E-state index in [0.717, 1.165) is 41.5 Å². The Kier molecular flexibility index (Phi) is 7.04. The molecule has 0 spiro atoms. The molecule has 1 aliphatic carbocycles. The number of benzene rings is 2. The average molecular weight is 464 g/mol. The summed E-state index contributed by atoms with van der Waals surface area (Å²) in [4.78, 5) is 0.219. The summed E-state index contributed by atoms with van der Waals surface area (Å²) in [5.41, 5.74) is 4.20. The number of aliphatic hydroxyl groups excluding tert-OH is 1. The predicted molar refractivity (Wildman–Crippen MR) is 130 cm³/mol. The van der Waals surface area contributed by atoms with Crippen molar-refractivity contribution in [2.24, 2.45) is 0 Å². The highest BCUT2D eigenvalue weighted by Gasteiger charge is 2.34. The largest absolute Gasteiger partial charge is 0.497 e. The summed E-state index contributed by atoms with van der Waals surface area (Å²) in [6.07, 6.45) is 5.43. The van der Waals surface area contributed by atoms with Crippen molar-refractivity contribution < 1.29 is 18.3 Å². The molecule has 2 aromatic rings. The van der Waals surface area contributed by atoms with Gasteiger partial charge < -0.3 is 9.84 Å². The summed E-state index contributed by atoms with van der Waals surface area (Å²) < 4.78 is 33.3. The SMILES string of the molecule is COc1ccc(C2=C(C#CC3=CCCCC3)C(O)CN(S(=O)(=O)c3ccc(C)cc3)C2)cc1. The molecule has 0 radical (unpaired) electrons. The first-order valence-corrected chi connectivity index (χ1v) is 12.7. The minimum Gasteiger partial charge on any atom is -0.497 e. The number of sulfonamides is 1. The van der Waals surface area contributed by atoms with Crippen LogP contribution >= 0.6 is 0 Å². The van der Waals surface area contributed by atoms with Crippen molar-refractivity contribution in [3.05, 3.63) is 76.9 Å². The lowest BCUT2D eigenvalue weighted by Crippen LogP contribution is -2.43. The lowest BCUT2D eigenvalue weighted by Gasteiger charge is -2.32. The van der Waals surface area contributed by atoms with Crippen LogP contribution in [-0.2, 0) is 10.0 Å². The molecule has 0 amide bonds. The molecule has 1 N–H and O–H groups in total. The van der Waals surface area contributed by atoms with E-state index >= 15 is 0 Å². The highest BCUT2D eigenvalue weighted by molar-refractivity contribution is 7.89. The number of rotatable bonds is 4. The maximum absolute atomic E-state index is 13.4. The van der Waals surface area contributed by atoms with Gasteiger partial charge in [-0.2, -0.15) is 4.31 Å². The van der Waals surface area contributed by atoms with Crippen LogP contribution in [0.3, 0.4) is 0 Å². The molecule has 33 heavy (non-hydrogen) atoms. The molecular formula is C27H29NO4S. The number of aliphatic hydroxyl groups is 1. The van der Waals surface area contributed by atoms with Crippen LogP contribution in [0.4, 0.5) is 0 Å². The molecule has 0 saturated carbocycles. The first-order chi connectivity index (χ1) is 15.9. The minimum atomic E-state index is -3.77. The van der Waals surface area contributed by atoms with Gasteiger partial charge in [0, 0.05) is 18.7 Å². The molecule has 1 unspecified atom stereocenters. The van der Waals surface area contributed by atoms with Crippen LogP contribution in [0.1, 0.15) is 36.8 Å². The molecule has 6 heteroatoms. The van der Waals surface area contributed by atoms with E-state index < -0.39 is 16.1 Å². The van der Waals surface area contributed by atoms with Crippen molar-refractivity contribution in [3.63, 3.8) is 0 Å². The molecule has 1 aliphatic heterocycles. The van der Waals surface area contributed by atoms with E-state index in [-0.39, 0.29) is 18.0 Å². The fraction of sp³-hybridized carbons (Fsp3) is 0.333. The smallest absolute Gasteiger partial charge is 0.243 e. The van der Waals surface area contributed by atoms with Gasteiger partial charge in [-0.3, -0.25) is 0 Å². The van der Waals surface area contributed by atoms with Crippen molar-refractivity contribution in [2.75, 3.05) is 20.2 Å². The third kappa shape index (κ3) is 5.22. The zero-order chi connectivity index (χ0) is 23.4. The second-order valence-electron chi connectivity index (χ2n) is 8.47. The molecular weight excluding hydrogens is 434 g/mol. The van der Waals surface area contributed by atoms with E-state index in [2.05, 4.69) is 17.9 Å². The number of allylic oxidation sites excluding steroid dienone is 2. The van der Waals surface area contributed by atoms with E-state index in [1.807, 2.05) is 31.2 Å². The van der Waals surface area contributed by atoms with Gasteiger partial charge in [0.25, 0.3) is 0 Å². The number of methoxy groups -OCH3 is 1. The van der Waals surface area contributed by atoms with Gasteiger partial charge in [-0.1, -0.05) is 47.7 Å². The van der Waals surface area contributed by atoms with Gasteiger partial charge in [0.2, 0.25) is 10.0 Å². The van der Waals surface area contributed by atoms with Crippen LogP contribution in [0, 0.1) is 18.8 Å². The standard InChI is InChI=1S/C27H29NO4S/c1-20-8-15-24(16-9-20)33(30,31)28-18-26(22-11-13-23(32-2)14-12-22)25(27(29)19-28)17-10-21-6-4-3-5-7-21/h6,8-9,11-16,27,29H,3-5,7,18-19H2,1-2H3. The van der Waals surface area contributed by atoms with Crippen LogP contribution in [0.15, 0.2) is 70.6 Å². The van der Waals surface area contributed by atoms with Gasteiger partial charge in [0.1, 0.15) is 11.9 Å². The average Bonchev–Trinajstić information content (AvgIpc) is 2.84. The highest BCUT2D eigenvalue weighted by atomic mass is 32.2. The van der Waals surface area contributed by atoms with Crippen molar-refractivity contribution in [3.8, 4) is 17.6 Å². The summed E-state index contributed by atoms with van der Waals surface area (Å²) in [7, 11) is -2.17. The Balaban J connectivity index is 1.75. The fourth-order valence-electron chi connectivity index (χ4n) is 4.15. The molecule has 4 rings (SSSR count). The molecule has 1 heterocycles. The number of hydrogen-bond donors (Lipinski definition) is 1. The fourth-order valence-corrected chi connectivity index (χ4v) is 5.57. The van der Waals surface area contributed by atoms with E-state index in [0.29, 0.717) is 11.3 Å². The highest BCUT2D eigenvalue weighted by Crippen LogP contribution is 2.31. The van der Waals surface area contributed by atoms with Crippen LogP contribution in [-0.4, -0.2) is 44.1 Å². The summed E-state index contributed by atoms with van der Waals surface area (Å²) in [6, 6.07) is 14.2. The van der Waals surface area contributed by atoms with Gasteiger partial charge in [0.15, 0.2) is 0 Å². The summed E-state index contributed by atoms with van der Waals surface area (Å²) in [5.74, 6) is 7.14. The molecule has 0 aromatic heterocycles. The Bertz CT molecular complexity index is 1230. The van der Waals surface area contributed by atoms with Crippen LogP contribution in [0.2, 0.25) is 0 Å². The molecule has 5 nitrogen and oxygen atoms in total. The van der Waals surface area contributed by atoms with E-state index in [1.165, 1.54) is 10.7 Å². The van der Waals surface area contributed by atoms with Gasteiger partial charge in [-0.05, 0) is 73.6 Å². The van der Waals surface area contributed by atoms with Crippen LogP contribution in [0.5, 0.6) is 5.75 Å². The van der Waals surface area contributed by atoms with Gasteiger partial charge >= 0.3 is 0 Å². The Morgan fingerprint density at radius 3 is 2.39 bits per heavy atom. The number of hydrogen-bond acceptors (Lipinski definition) is 4. The number of β-amino-alcohol motifs (C(OH)–C–C–N with tert-alkyl or cyclic N) is 1. The lowest BCUT2D eigenvalue weighted by molar-refractivity contribution is 0.179. The molecule has 0 fully saturated rings. The summed E-state index contributed by atoms with van der Waals surface area (Å²) in [5, 5.41) is 11.0. The first-order valence-electron chi connectivity index (χ1n) is 11.2. The van der Waals surface area contributed by atoms with Crippen molar-refractivity contribution in [1.82, 2.24) is 4.31 Å². The van der Waals surface area contributed by atoms with Crippen LogP contribution in [0.25, 0.3) is 5.57 Å². The quantitative estimate of drug-likeness (QED) is 0.686. The Labute approximate surface area is 196 Å². The third-order valence-corrected chi connectivity index (χ3v) is 7.94. The van der Waals surface area contributed by atoms with E-state index in [4.69, 9.17) is 4.74 Å². The first kappa shape index (κ1) is 23.3. The van der Waals surface area contributed by atoms with Crippen molar-refractivity contribution in [1.29, 1.82) is 0 Å². The molecule has 1 atom stereocenters. The zero-order valence-corrected chi connectivity index (χ0v) is 19.9. The Hall–Kier alpha value is -2.85. The van der Waals surface area contributed by atoms with Crippen molar-refractivity contribution >= 4 is 15.6 Å². The number of ether oxygens (including phenoxy) is 1. The summed E-state index contributed by atoms with van der Waals surface area (Å²) in [6.45, 7) is 2.03. The number of nitrogens with zero attached hydrogens (tertiary/aromatic N) is 1. The predicted octanol–water partition coefficient (Wildman–Crippen LogP) is 4.33. The lowest BCUT2D eigenvalue weighted by atomic mass is 9.92. The number of aryl methyl sites for hydroxylation is 1. The molecule has 2 aliphatic rings. The van der Waals surface area contributed by atoms with Gasteiger partial charge in [0.05, 0.1) is 12.0 Å². The minimum absolute atomic E-state index is 0.0288. The second kappa shape index (κ2) is 9.96. The van der Waals surface area contributed by atoms with Crippen molar-refractivity contribution in [2.45, 2.75) is 43.6 Å². The molecule has 2 aromatic carbocycles. The molecule has 0 bridgehead atoms. The summed E-state index contributed by atoms with van der Waals surface area (Å²) >= 11 is 0. The van der Waals surface area contributed by atoms with E-state index in [9.17, 15) is 13.5 Å². The topological polar surface area (TPSA) is 66.8 Å². The second-order valence-corrected chi connectivity index (χ2v) is 10.4. The maximum atomic E-state index is 13.4.